The maximum absolute atomic E-state index is 9.20. The predicted molar refractivity (Wildman–Crippen MR) is 118 cm³/mol. The summed E-state index contributed by atoms with van der Waals surface area (Å²) in [5.74, 6) is 0.786. The number of aliphatic hydroxyl groups excluding tert-OH is 1. The third kappa shape index (κ3) is 9.86. The van der Waals surface area contributed by atoms with Crippen molar-refractivity contribution in [2.45, 2.75) is 26.2 Å². The van der Waals surface area contributed by atoms with Crippen molar-refractivity contribution in [2.75, 3.05) is 19.6 Å². The van der Waals surface area contributed by atoms with E-state index in [9.17, 15) is 5.11 Å². The lowest BCUT2D eigenvalue weighted by molar-refractivity contribution is 0.191. The van der Waals surface area contributed by atoms with Crippen LogP contribution in [0, 0.1) is 0 Å². The highest BCUT2D eigenvalue weighted by atomic mass is 35.5. The lowest BCUT2D eigenvalue weighted by Crippen LogP contribution is -2.31. The molecule has 0 aliphatic rings. The van der Waals surface area contributed by atoms with Gasteiger partial charge in [0.05, 0.1) is 6.10 Å². The molecule has 0 aliphatic heterocycles. The molecule has 0 aromatic heterocycles. The molecule has 0 fully saturated rings. The van der Waals surface area contributed by atoms with Crippen molar-refractivity contribution in [3.8, 4) is 5.75 Å². The smallest absolute Gasteiger partial charge is 0.124 e. The Kier molecular flexibility index (Phi) is 13.9. The summed E-state index contributed by atoms with van der Waals surface area (Å²) in [6.07, 6.45) is -0.335. The van der Waals surface area contributed by atoms with E-state index in [4.69, 9.17) is 27.9 Å². The van der Waals surface area contributed by atoms with E-state index in [-0.39, 0.29) is 30.9 Å². The van der Waals surface area contributed by atoms with Crippen LogP contribution in [0.1, 0.15) is 18.1 Å². The molecule has 1 atom stereocenters. The summed E-state index contributed by atoms with van der Waals surface area (Å²) in [4.78, 5) is 0. The zero-order valence-electron chi connectivity index (χ0n) is 15.1. The Labute approximate surface area is 183 Å². The van der Waals surface area contributed by atoms with Crippen molar-refractivity contribution in [1.29, 1.82) is 0 Å². The standard InChI is InChI=1S/C19H24Cl2N2O2.2ClH/c1-14(24)11-22-8-9-23-12-16-10-17(20)6-7-19(16)25-13-15-4-2-3-5-18(15)21;;/h2-7,10,14,22-24H,8-9,11-13H2,1H3;2*1H. The van der Waals surface area contributed by atoms with Crippen molar-refractivity contribution in [3.05, 3.63) is 63.6 Å². The van der Waals surface area contributed by atoms with Gasteiger partial charge in [0.2, 0.25) is 0 Å². The Hall–Kier alpha value is -0.720. The van der Waals surface area contributed by atoms with Crippen LogP contribution in [0.4, 0.5) is 0 Å². The molecule has 0 amide bonds. The molecule has 2 aromatic carbocycles. The SMILES string of the molecule is CC(O)CNCCNCc1cc(Cl)ccc1OCc1ccccc1Cl.Cl.Cl. The van der Waals surface area contributed by atoms with Gasteiger partial charge < -0.3 is 20.5 Å². The fourth-order valence-electron chi connectivity index (χ4n) is 2.31. The maximum atomic E-state index is 9.20. The van der Waals surface area contributed by atoms with Crippen LogP contribution >= 0.6 is 48.0 Å². The van der Waals surface area contributed by atoms with Gasteiger partial charge in [0.25, 0.3) is 0 Å². The van der Waals surface area contributed by atoms with Crippen molar-refractivity contribution >= 4 is 48.0 Å². The summed E-state index contributed by atoms with van der Waals surface area (Å²) in [5, 5.41) is 17.1. The minimum absolute atomic E-state index is 0. The van der Waals surface area contributed by atoms with Gasteiger partial charge in [0, 0.05) is 47.4 Å². The fraction of sp³-hybridized carbons (Fsp3) is 0.368. The molecule has 8 heteroatoms. The Balaban J connectivity index is 0.00000338. The summed E-state index contributed by atoms with van der Waals surface area (Å²) in [7, 11) is 0. The van der Waals surface area contributed by atoms with E-state index < -0.39 is 0 Å². The van der Waals surface area contributed by atoms with E-state index in [1.54, 1.807) is 6.92 Å². The van der Waals surface area contributed by atoms with Gasteiger partial charge in [-0.05, 0) is 31.2 Å². The number of hydrogen-bond donors (Lipinski definition) is 3. The number of benzene rings is 2. The van der Waals surface area contributed by atoms with Gasteiger partial charge in [-0.25, -0.2) is 0 Å². The van der Waals surface area contributed by atoms with Crippen LogP contribution in [-0.4, -0.2) is 30.8 Å². The lowest BCUT2D eigenvalue weighted by atomic mass is 10.2. The quantitative estimate of drug-likeness (QED) is 0.462. The molecule has 4 nitrogen and oxygen atoms in total. The number of rotatable bonds is 10. The maximum Gasteiger partial charge on any atom is 0.124 e. The molecule has 3 N–H and O–H groups in total. The van der Waals surface area contributed by atoms with Crippen LogP contribution in [0.15, 0.2) is 42.5 Å². The van der Waals surface area contributed by atoms with Crippen molar-refractivity contribution in [1.82, 2.24) is 10.6 Å². The molecule has 152 valence electrons. The van der Waals surface area contributed by atoms with Crippen LogP contribution in [0.5, 0.6) is 5.75 Å². The summed E-state index contributed by atoms with van der Waals surface area (Å²) in [5.41, 5.74) is 1.94. The molecule has 27 heavy (non-hydrogen) atoms. The molecule has 1 unspecified atom stereocenters. The molecular formula is C19H26Cl4N2O2. The average molecular weight is 456 g/mol. The summed E-state index contributed by atoms with van der Waals surface area (Å²) < 4.78 is 5.94. The molecule has 0 saturated heterocycles. The molecule has 2 rings (SSSR count). The highest BCUT2D eigenvalue weighted by molar-refractivity contribution is 6.31. The molecule has 0 saturated carbocycles. The minimum Gasteiger partial charge on any atom is -0.489 e. The van der Waals surface area contributed by atoms with Crippen molar-refractivity contribution < 1.29 is 9.84 Å². The van der Waals surface area contributed by atoms with Crippen LogP contribution < -0.4 is 15.4 Å². The zero-order chi connectivity index (χ0) is 18.1. The van der Waals surface area contributed by atoms with E-state index in [2.05, 4.69) is 10.6 Å². The molecule has 0 bridgehead atoms. The molecule has 0 heterocycles. The number of ether oxygens (including phenoxy) is 1. The highest BCUT2D eigenvalue weighted by Crippen LogP contribution is 2.25. The van der Waals surface area contributed by atoms with Crippen LogP contribution in [-0.2, 0) is 13.2 Å². The summed E-state index contributed by atoms with van der Waals surface area (Å²) in [6, 6.07) is 13.2. The van der Waals surface area contributed by atoms with E-state index in [1.807, 2.05) is 42.5 Å². The summed E-state index contributed by atoms with van der Waals surface area (Å²) >= 11 is 12.3. The molecule has 0 spiro atoms. The normalized spacial score (nSPS) is 11.3. The molecule has 2 aromatic rings. The third-order valence-corrected chi connectivity index (χ3v) is 4.20. The number of nitrogens with one attached hydrogen (secondary N) is 2. The van der Waals surface area contributed by atoms with Crippen LogP contribution in [0.2, 0.25) is 10.0 Å². The van der Waals surface area contributed by atoms with Crippen LogP contribution in [0.25, 0.3) is 0 Å². The Morgan fingerprint density at radius 2 is 1.70 bits per heavy atom. The van der Waals surface area contributed by atoms with Gasteiger partial charge in [-0.1, -0.05) is 41.4 Å². The first-order valence-electron chi connectivity index (χ1n) is 8.30. The minimum atomic E-state index is -0.335. The zero-order valence-corrected chi connectivity index (χ0v) is 18.2. The average Bonchev–Trinajstić information content (AvgIpc) is 2.58. The Morgan fingerprint density at radius 3 is 2.41 bits per heavy atom. The Morgan fingerprint density at radius 1 is 1.00 bits per heavy atom. The van der Waals surface area contributed by atoms with Gasteiger partial charge in [-0.3, -0.25) is 0 Å². The van der Waals surface area contributed by atoms with Gasteiger partial charge in [0.15, 0.2) is 0 Å². The second-order valence-corrected chi connectivity index (χ2v) is 6.71. The highest BCUT2D eigenvalue weighted by Gasteiger charge is 2.07. The second kappa shape index (κ2) is 14.3. The first-order chi connectivity index (χ1) is 12.1. The Bertz CT molecular complexity index is 672. The van der Waals surface area contributed by atoms with Gasteiger partial charge in [-0.2, -0.15) is 0 Å². The topological polar surface area (TPSA) is 53.5 Å². The van der Waals surface area contributed by atoms with E-state index >= 15 is 0 Å². The fourth-order valence-corrected chi connectivity index (χ4v) is 2.69. The van der Waals surface area contributed by atoms with Crippen LogP contribution in [0.3, 0.4) is 0 Å². The number of hydrogen-bond acceptors (Lipinski definition) is 4. The van der Waals surface area contributed by atoms with E-state index in [0.717, 1.165) is 30.0 Å². The first kappa shape index (κ1) is 26.3. The van der Waals surface area contributed by atoms with Crippen molar-refractivity contribution in [3.63, 3.8) is 0 Å². The summed E-state index contributed by atoms with van der Waals surface area (Å²) in [6.45, 7) is 4.96. The van der Waals surface area contributed by atoms with Gasteiger partial charge >= 0.3 is 0 Å². The predicted octanol–water partition coefficient (Wildman–Crippen LogP) is 4.48. The largest absolute Gasteiger partial charge is 0.489 e. The van der Waals surface area contributed by atoms with E-state index in [0.29, 0.717) is 29.7 Å². The monoisotopic (exact) mass is 454 g/mol. The second-order valence-electron chi connectivity index (χ2n) is 5.86. The molecule has 0 radical (unpaired) electrons. The third-order valence-electron chi connectivity index (χ3n) is 3.60. The first-order valence-corrected chi connectivity index (χ1v) is 9.06. The lowest BCUT2D eigenvalue weighted by Gasteiger charge is -2.14. The van der Waals surface area contributed by atoms with Gasteiger partial charge in [-0.15, -0.1) is 24.8 Å². The molecule has 0 aliphatic carbocycles. The number of halogens is 4. The van der Waals surface area contributed by atoms with Crippen molar-refractivity contribution in [2.24, 2.45) is 0 Å². The van der Waals surface area contributed by atoms with E-state index in [1.165, 1.54) is 0 Å². The van der Waals surface area contributed by atoms with Gasteiger partial charge in [0.1, 0.15) is 12.4 Å². The molecular weight excluding hydrogens is 430 g/mol. The number of aliphatic hydroxyl groups is 1.